The molecule has 0 fully saturated rings. The standard InChI is InChI=1S/C11H10N4O2/c12-11(17)15-13-6-8-5-4-7-2-1-3-9(16)10(7)14-8/h1-6,16H,(H3,12,15,17)/b13-6-. The lowest BCUT2D eigenvalue weighted by Gasteiger charge is -2.00. The number of hydrogen-bond donors (Lipinski definition) is 3. The molecule has 2 amide bonds. The number of phenols is 1. The van der Waals surface area contributed by atoms with Crippen molar-refractivity contribution < 1.29 is 9.90 Å². The van der Waals surface area contributed by atoms with Crippen LogP contribution in [-0.4, -0.2) is 22.3 Å². The number of nitrogens with one attached hydrogen (secondary N) is 1. The number of aromatic nitrogens is 1. The molecule has 1 aromatic heterocycles. The summed E-state index contributed by atoms with van der Waals surface area (Å²) in [7, 11) is 0. The predicted molar refractivity (Wildman–Crippen MR) is 63.7 cm³/mol. The van der Waals surface area contributed by atoms with Crippen LogP contribution in [0.2, 0.25) is 0 Å². The molecule has 0 aliphatic rings. The van der Waals surface area contributed by atoms with Gasteiger partial charge in [-0.1, -0.05) is 18.2 Å². The molecule has 4 N–H and O–H groups in total. The molecule has 0 atom stereocenters. The van der Waals surface area contributed by atoms with Crippen LogP contribution in [0.3, 0.4) is 0 Å². The van der Waals surface area contributed by atoms with E-state index in [1.807, 2.05) is 6.07 Å². The third-order valence-electron chi connectivity index (χ3n) is 2.09. The van der Waals surface area contributed by atoms with Crippen molar-refractivity contribution in [1.82, 2.24) is 10.4 Å². The number of aromatic hydroxyl groups is 1. The molecule has 0 bridgehead atoms. The zero-order chi connectivity index (χ0) is 12.3. The van der Waals surface area contributed by atoms with Gasteiger partial charge in [0.15, 0.2) is 0 Å². The van der Waals surface area contributed by atoms with Gasteiger partial charge in [-0.25, -0.2) is 15.2 Å². The SMILES string of the molecule is NC(=O)N/N=C\c1ccc2cccc(O)c2n1. The molecule has 0 spiro atoms. The van der Waals surface area contributed by atoms with Gasteiger partial charge in [-0.15, -0.1) is 0 Å². The van der Waals surface area contributed by atoms with Crippen LogP contribution in [0.15, 0.2) is 35.4 Å². The molecular weight excluding hydrogens is 220 g/mol. The summed E-state index contributed by atoms with van der Waals surface area (Å²) in [4.78, 5) is 14.6. The maximum Gasteiger partial charge on any atom is 0.332 e. The number of primary amides is 1. The van der Waals surface area contributed by atoms with Gasteiger partial charge in [0.05, 0.1) is 11.9 Å². The summed E-state index contributed by atoms with van der Waals surface area (Å²) >= 11 is 0. The van der Waals surface area contributed by atoms with E-state index >= 15 is 0 Å². The number of urea groups is 1. The molecular formula is C11H10N4O2. The zero-order valence-corrected chi connectivity index (χ0v) is 8.79. The van der Waals surface area contributed by atoms with E-state index in [0.717, 1.165) is 5.39 Å². The molecule has 17 heavy (non-hydrogen) atoms. The molecule has 0 unspecified atom stereocenters. The molecule has 6 heteroatoms. The molecule has 86 valence electrons. The lowest BCUT2D eigenvalue weighted by Crippen LogP contribution is -2.24. The average molecular weight is 230 g/mol. The number of fused-ring (bicyclic) bond motifs is 1. The van der Waals surface area contributed by atoms with Crippen LogP contribution >= 0.6 is 0 Å². The first-order valence-electron chi connectivity index (χ1n) is 4.84. The van der Waals surface area contributed by atoms with Gasteiger partial charge in [-0.2, -0.15) is 5.10 Å². The van der Waals surface area contributed by atoms with Crippen LogP contribution in [0.25, 0.3) is 10.9 Å². The molecule has 2 aromatic rings. The van der Waals surface area contributed by atoms with Crippen molar-refractivity contribution in [3.8, 4) is 5.75 Å². The van der Waals surface area contributed by atoms with Gasteiger partial charge >= 0.3 is 6.03 Å². The van der Waals surface area contributed by atoms with Crippen molar-refractivity contribution >= 4 is 23.1 Å². The summed E-state index contributed by atoms with van der Waals surface area (Å²) in [6.45, 7) is 0. The van der Waals surface area contributed by atoms with Gasteiger partial charge in [0.1, 0.15) is 11.3 Å². The van der Waals surface area contributed by atoms with Gasteiger partial charge in [0.25, 0.3) is 0 Å². The fourth-order valence-electron chi connectivity index (χ4n) is 1.38. The van der Waals surface area contributed by atoms with Crippen molar-refractivity contribution in [1.29, 1.82) is 0 Å². The molecule has 0 aliphatic carbocycles. The number of hydrazone groups is 1. The predicted octanol–water partition coefficient (Wildman–Crippen LogP) is 0.943. The van der Waals surface area contributed by atoms with Crippen molar-refractivity contribution in [3.63, 3.8) is 0 Å². The highest BCUT2D eigenvalue weighted by Gasteiger charge is 2.01. The van der Waals surface area contributed by atoms with E-state index in [1.165, 1.54) is 6.21 Å². The van der Waals surface area contributed by atoms with Crippen LogP contribution in [0, 0.1) is 0 Å². The molecule has 0 radical (unpaired) electrons. The fourth-order valence-corrected chi connectivity index (χ4v) is 1.38. The number of rotatable bonds is 2. The minimum Gasteiger partial charge on any atom is -0.506 e. The molecule has 6 nitrogen and oxygen atoms in total. The van der Waals surface area contributed by atoms with Crippen LogP contribution in [0.1, 0.15) is 5.69 Å². The Balaban J connectivity index is 2.34. The summed E-state index contributed by atoms with van der Waals surface area (Å²) in [6, 6.07) is 7.90. The highest BCUT2D eigenvalue weighted by molar-refractivity contribution is 5.88. The number of carbonyl (C=O) groups excluding carboxylic acids is 1. The van der Waals surface area contributed by atoms with E-state index in [2.05, 4.69) is 15.5 Å². The maximum atomic E-state index is 10.4. The lowest BCUT2D eigenvalue weighted by atomic mass is 10.2. The van der Waals surface area contributed by atoms with E-state index in [0.29, 0.717) is 11.2 Å². The zero-order valence-electron chi connectivity index (χ0n) is 8.79. The second-order valence-corrected chi connectivity index (χ2v) is 3.32. The molecule has 2 rings (SSSR count). The summed E-state index contributed by atoms with van der Waals surface area (Å²) in [5.41, 5.74) is 7.90. The van der Waals surface area contributed by atoms with Crippen LogP contribution < -0.4 is 11.2 Å². The van der Waals surface area contributed by atoms with E-state index in [1.54, 1.807) is 24.3 Å². The summed E-state index contributed by atoms with van der Waals surface area (Å²) < 4.78 is 0. The number of carbonyl (C=O) groups is 1. The third-order valence-corrected chi connectivity index (χ3v) is 2.09. The van der Waals surface area contributed by atoms with E-state index in [4.69, 9.17) is 5.73 Å². The molecule has 0 aliphatic heterocycles. The van der Waals surface area contributed by atoms with Crippen molar-refractivity contribution in [2.45, 2.75) is 0 Å². The monoisotopic (exact) mass is 230 g/mol. The molecule has 0 saturated heterocycles. The first kappa shape index (κ1) is 10.9. The Morgan fingerprint density at radius 2 is 2.24 bits per heavy atom. The van der Waals surface area contributed by atoms with Crippen molar-refractivity contribution in [2.24, 2.45) is 10.8 Å². The van der Waals surface area contributed by atoms with Gasteiger partial charge in [-0.3, -0.25) is 0 Å². The fraction of sp³-hybridized carbons (Fsp3) is 0. The number of phenolic OH excluding ortho intramolecular Hbond substituents is 1. The van der Waals surface area contributed by atoms with Crippen molar-refractivity contribution in [3.05, 3.63) is 36.0 Å². The van der Waals surface area contributed by atoms with Gasteiger partial charge in [0.2, 0.25) is 0 Å². The van der Waals surface area contributed by atoms with Gasteiger partial charge < -0.3 is 10.8 Å². The third kappa shape index (κ3) is 2.49. The Kier molecular flexibility index (Phi) is 2.87. The van der Waals surface area contributed by atoms with Crippen LogP contribution in [-0.2, 0) is 0 Å². The number of hydrogen-bond acceptors (Lipinski definition) is 4. The van der Waals surface area contributed by atoms with Gasteiger partial charge in [-0.05, 0) is 12.1 Å². The summed E-state index contributed by atoms with van der Waals surface area (Å²) in [6.07, 6.45) is 1.34. The Morgan fingerprint density at radius 3 is 3.00 bits per heavy atom. The van der Waals surface area contributed by atoms with Crippen LogP contribution in [0.4, 0.5) is 4.79 Å². The minimum atomic E-state index is -0.745. The first-order chi connectivity index (χ1) is 8.16. The second-order valence-electron chi connectivity index (χ2n) is 3.32. The maximum absolute atomic E-state index is 10.4. The smallest absolute Gasteiger partial charge is 0.332 e. The first-order valence-corrected chi connectivity index (χ1v) is 4.84. The Morgan fingerprint density at radius 1 is 1.41 bits per heavy atom. The van der Waals surface area contributed by atoms with Gasteiger partial charge in [0, 0.05) is 5.39 Å². The van der Waals surface area contributed by atoms with Crippen LogP contribution in [0.5, 0.6) is 5.75 Å². The van der Waals surface area contributed by atoms with Crippen molar-refractivity contribution in [2.75, 3.05) is 0 Å². The normalized spacial score (nSPS) is 10.8. The number of amides is 2. The van der Waals surface area contributed by atoms with E-state index < -0.39 is 6.03 Å². The number of pyridine rings is 1. The largest absolute Gasteiger partial charge is 0.506 e. The summed E-state index contributed by atoms with van der Waals surface area (Å²) in [5.74, 6) is 0.0978. The summed E-state index contributed by atoms with van der Waals surface area (Å²) in [5, 5.41) is 14.0. The van der Waals surface area contributed by atoms with E-state index in [-0.39, 0.29) is 5.75 Å². The molecule has 1 aromatic carbocycles. The minimum absolute atomic E-state index is 0.0978. The topological polar surface area (TPSA) is 101 Å². The number of nitrogens with zero attached hydrogens (tertiary/aromatic N) is 2. The Labute approximate surface area is 96.8 Å². The number of para-hydroxylation sites is 1. The number of benzene rings is 1. The Hall–Kier alpha value is -2.63. The quantitative estimate of drug-likeness (QED) is 0.528. The van der Waals surface area contributed by atoms with E-state index in [9.17, 15) is 9.90 Å². The lowest BCUT2D eigenvalue weighted by molar-refractivity contribution is 0.249. The highest BCUT2D eigenvalue weighted by Crippen LogP contribution is 2.21. The Bertz CT molecular complexity index is 595. The average Bonchev–Trinajstić information content (AvgIpc) is 2.30. The molecule has 0 saturated carbocycles. The second kappa shape index (κ2) is 4.48. The molecule has 1 heterocycles. The number of nitrogens with two attached hydrogens (primary N) is 1. The highest BCUT2D eigenvalue weighted by atomic mass is 16.3.